The molecule has 0 aliphatic rings. The molecule has 0 spiro atoms. The maximum absolute atomic E-state index is 12.9. The second-order valence-electron chi connectivity index (χ2n) is 5.84. The Labute approximate surface area is 192 Å². The zero-order valence-corrected chi connectivity index (χ0v) is 19.5. The average molecular weight is 531 g/mol. The SMILES string of the molecule is CCNC(=NCCCSc1ccc(F)cc1)NCCNC(=O)c1cccnc1.I. The Balaban J connectivity index is 0.00000420. The number of carbonyl (C=O) groups excluding carboxylic acids is 1. The number of halogens is 2. The molecule has 3 N–H and O–H groups in total. The molecule has 0 aliphatic heterocycles. The van der Waals surface area contributed by atoms with E-state index in [1.54, 1.807) is 42.2 Å². The molecule has 29 heavy (non-hydrogen) atoms. The summed E-state index contributed by atoms with van der Waals surface area (Å²) in [5.74, 6) is 1.28. The Morgan fingerprint density at radius 3 is 2.59 bits per heavy atom. The summed E-state index contributed by atoms with van der Waals surface area (Å²) in [5.41, 5.74) is 0.543. The van der Waals surface area contributed by atoms with E-state index in [-0.39, 0.29) is 35.7 Å². The third-order valence-electron chi connectivity index (χ3n) is 3.63. The lowest BCUT2D eigenvalue weighted by Crippen LogP contribution is -2.41. The van der Waals surface area contributed by atoms with Crippen molar-refractivity contribution in [1.29, 1.82) is 0 Å². The number of aromatic nitrogens is 1. The van der Waals surface area contributed by atoms with Gasteiger partial charge in [-0.3, -0.25) is 14.8 Å². The predicted octanol–water partition coefficient (Wildman–Crippen LogP) is 3.31. The zero-order valence-electron chi connectivity index (χ0n) is 16.4. The van der Waals surface area contributed by atoms with Crippen LogP contribution in [0.3, 0.4) is 0 Å². The maximum Gasteiger partial charge on any atom is 0.252 e. The van der Waals surface area contributed by atoms with Crippen molar-refractivity contribution < 1.29 is 9.18 Å². The van der Waals surface area contributed by atoms with Crippen LogP contribution in [0.1, 0.15) is 23.7 Å². The summed E-state index contributed by atoms with van der Waals surface area (Å²) in [5, 5.41) is 9.23. The number of nitrogens with zero attached hydrogens (tertiary/aromatic N) is 2. The molecule has 0 fully saturated rings. The minimum Gasteiger partial charge on any atom is -0.357 e. The first-order valence-corrected chi connectivity index (χ1v) is 10.3. The largest absolute Gasteiger partial charge is 0.357 e. The van der Waals surface area contributed by atoms with Gasteiger partial charge in [0.2, 0.25) is 0 Å². The molecule has 0 unspecified atom stereocenters. The summed E-state index contributed by atoms with van der Waals surface area (Å²) < 4.78 is 12.9. The number of hydrogen-bond acceptors (Lipinski definition) is 4. The molecule has 1 aromatic heterocycles. The topological polar surface area (TPSA) is 78.4 Å². The van der Waals surface area contributed by atoms with Gasteiger partial charge in [-0.15, -0.1) is 35.7 Å². The highest BCUT2D eigenvalue weighted by Gasteiger charge is 2.04. The second-order valence-corrected chi connectivity index (χ2v) is 7.01. The van der Waals surface area contributed by atoms with E-state index in [1.807, 2.05) is 6.92 Å². The first-order valence-electron chi connectivity index (χ1n) is 9.28. The van der Waals surface area contributed by atoms with Crippen LogP contribution in [-0.2, 0) is 0 Å². The van der Waals surface area contributed by atoms with Crippen molar-refractivity contribution in [2.24, 2.45) is 4.99 Å². The predicted molar refractivity (Wildman–Crippen MR) is 128 cm³/mol. The molecule has 158 valence electrons. The number of pyridine rings is 1. The third kappa shape index (κ3) is 10.5. The Morgan fingerprint density at radius 1 is 1.14 bits per heavy atom. The van der Waals surface area contributed by atoms with Gasteiger partial charge in [-0.05, 0) is 55.5 Å². The van der Waals surface area contributed by atoms with E-state index in [4.69, 9.17) is 0 Å². The highest BCUT2D eigenvalue weighted by Crippen LogP contribution is 2.18. The monoisotopic (exact) mass is 531 g/mol. The number of carbonyl (C=O) groups is 1. The molecule has 1 aromatic carbocycles. The molecule has 1 amide bonds. The first-order chi connectivity index (χ1) is 13.7. The summed E-state index contributed by atoms with van der Waals surface area (Å²) in [4.78, 5) is 21.5. The molecule has 0 bridgehead atoms. The summed E-state index contributed by atoms with van der Waals surface area (Å²) in [6.45, 7) is 4.51. The van der Waals surface area contributed by atoms with Gasteiger partial charge in [-0.2, -0.15) is 0 Å². The molecule has 0 radical (unpaired) electrons. The number of hydrogen-bond donors (Lipinski definition) is 3. The molecule has 2 rings (SSSR count). The van der Waals surface area contributed by atoms with Gasteiger partial charge in [0.1, 0.15) is 5.82 Å². The molecule has 6 nitrogen and oxygen atoms in total. The van der Waals surface area contributed by atoms with Gasteiger partial charge in [0.15, 0.2) is 5.96 Å². The van der Waals surface area contributed by atoms with Crippen molar-refractivity contribution in [1.82, 2.24) is 20.9 Å². The van der Waals surface area contributed by atoms with Crippen molar-refractivity contribution in [2.45, 2.75) is 18.2 Å². The number of nitrogens with one attached hydrogen (secondary N) is 3. The number of benzene rings is 1. The van der Waals surface area contributed by atoms with Gasteiger partial charge in [0.25, 0.3) is 5.91 Å². The fraction of sp³-hybridized carbons (Fsp3) is 0.350. The van der Waals surface area contributed by atoms with Crippen molar-refractivity contribution >= 4 is 47.6 Å². The zero-order chi connectivity index (χ0) is 20.0. The molecular formula is C20H27FIN5OS. The first kappa shape index (κ1) is 25.2. The van der Waals surface area contributed by atoms with E-state index in [1.165, 1.54) is 18.3 Å². The van der Waals surface area contributed by atoms with Crippen LogP contribution >= 0.6 is 35.7 Å². The summed E-state index contributed by atoms with van der Waals surface area (Å²) in [6, 6.07) is 9.98. The lowest BCUT2D eigenvalue weighted by atomic mass is 10.3. The van der Waals surface area contributed by atoms with Gasteiger partial charge >= 0.3 is 0 Å². The van der Waals surface area contributed by atoms with E-state index in [0.717, 1.165) is 29.6 Å². The minimum atomic E-state index is -0.216. The molecule has 0 saturated heterocycles. The van der Waals surface area contributed by atoms with Crippen LogP contribution in [0.5, 0.6) is 0 Å². The summed E-state index contributed by atoms with van der Waals surface area (Å²) in [6.07, 6.45) is 4.09. The molecule has 0 saturated carbocycles. The Kier molecular flexibility index (Phi) is 13.0. The Hall–Kier alpha value is -1.88. The normalized spacial score (nSPS) is 10.8. The smallest absolute Gasteiger partial charge is 0.252 e. The van der Waals surface area contributed by atoms with Crippen molar-refractivity contribution in [3.05, 3.63) is 60.2 Å². The third-order valence-corrected chi connectivity index (χ3v) is 4.72. The fourth-order valence-corrected chi connectivity index (χ4v) is 3.11. The molecule has 2 aromatic rings. The lowest BCUT2D eigenvalue weighted by molar-refractivity contribution is 0.0954. The van der Waals surface area contributed by atoms with Crippen LogP contribution in [0.2, 0.25) is 0 Å². The van der Waals surface area contributed by atoms with E-state index < -0.39 is 0 Å². The lowest BCUT2D eigenvalue weighted by Gasteiger charge is -2.12. The van der Waals surface area contributed by atoms with Gasteiger partial charge in [-0.25, -0.2) is 4.39 Å². The standard InChI is InChI=1S/C20H26FN5OS.HI/c1-2-23-20(25-11-4-14-28-18-8-6-17(21)7-9-18)26-13-12-24-19(27)16-5-3-10-22-15-16;/h3,5-10,15H,2,4,11-14H2,1H3,(H,24,27)(H2,23,25,26);1H. The van der Waals surface area contributed by atoms with E-state index >= 15 is 0 Å². The Bertz CT molecular complexity index is 746. The van der Waals surface area contributed by atoms with E-state index in [9.17, 15) is 9.18 Å². The van der Waals surface area contributed by atoms with Crippen LogP contribution in [0.25, 0.3) is 0 Å². The van der Waals surface area contributed by atoms with Crippen LogP contribution in [0.15, 0.2) is 58.7 Å². The van der Waals surface area contributed by atoms with Crippen LogP contribution in [-0.4, -0.2) is 48.8 Å². The van der Waals surface area contributed by atoms with Crippen molar-refractivity contribution in [3.8, 4) is 0 Å². The van der Waals surface area contributed by atoms with Crippen LogP contribution in [0.4, 0.5) is 4.39 Å². The van der Waals surface area contributed by atoms with Crippen LogP contribution in [0, 0.1) is 5.82 Å². The van der Waals surface area contributed by atoms with E-state index in [0.29, 0.717) is 25.2 Å². The highest BCUT2D eigenvalue weighted by atomic mass is 127. The quantitative estimate of drug-likeness (QED) is 0.144. The highest BCUT2D eigenvalue weighted by molar-refractivity contribution is 14.0. The maximum atomic E-state index is 12.9. The van der Waals surface area contributed by atoms with Gasteiger partial charge in [-0.1, -0.05) is 0 Å². The summed E-state index contributed by atoms with van der Waals surface area (Å²) in [7, 11) is 0. The number of guanidine groups is 1. The van der Waals surface area contributed by atoms with Gasteiger partial charge < -0.3 is 16.0 Å². The van der Waals surface area contributed by atoms with Crippen molar-refractivity contribution in [2.75, 3.05) is 31.9 Å². The van der Waals surface area contributed by atoms with Gasteiger partial charge in [0.05, 0.1) is 5.56 Å². The molecule has 0 atom stereocenters. The van der Waals surface area contributed by atoms with Crippen molar-refractivity contribution in [3.63, 3.8) is 0 Å². The number of amides is 1. The molecule has 0 aliphatic carbocycles. The average Bonchev–Trinajstić information content (AvgIpc) is 2.72. The van der Waals surface area contributed by atoms with Gasteiger partial charge in [0, 0.05) is 43.5 Å². The second kappa shape index (κ2) is 15.0. The number of rotatable bonds is 10. The fourth-order valence-electron chi connectivity index (χ4n) is 2.27. The van der Waals surface area contributed by atoms with Crippen LogP contribution < -0.4 is 16.0 Å². The van der Waals surface area contributed by atoms with E-state index in [2.05, 4.69) is 25.9 Å². The summed E-state index contributed by atoms with van der Waals surface area (Å²) >= 11 is 1.69. The number of thioether (sulfide) groups is 1. The molecular weight excluding hydrogens is 504 g/mol. The molecule has 9 heteroatoms. The number of aliphatic imine (C=N–C) groups is 1. The molecule has 1 heterocycles. The Morgan fingerprint density at radius 2 is 1.90 bits per heavy atom. The minimum absolute atomic E-state index is 0.